The standard InChI is InChI=1S/C29H34ClN3O4S/c1-5-27(29(35)31-21(2)3)32(19-23-13-11-22(4)12-14-23)28(34)20-33(25-9-7-6-8-10-25)38(36,37)26-17-15-24(30)16-18-26/h6-18,21,27H,5,19-20H2,1-4H3,(H,31,35)/t27-/m0/s1. The summed E-state index contributed by atoms with van der Waals surface area (Å²) in [5, 5.41) is 3.29. The van der Waals surface area contributed by atoms with Crippen LogP contribution in [0.25, 0.3) is 0 Å². The predicted molar refractivity (Wildman–Crippen MR) is 152 cm³/mol. The van der Waals surface area contributed by atoms with Crippen molar-refractivity contribution >= 4 is 39.1 Å². The highest BCUT2D eigenvalue weighted by Gasteiger charge is 2.33. The van der Waals surface area contributed by atoms with Crippen molar-refractivity contribution < 1.29 is 18.0 Å². The molecular formula is C29H34ClN3O4S. The van der Waals surface area contributed by atoms with Crippen molar-refractivity contribution in [1.29, 1.82) is 0 Å². The highest BCUT2D eigenvalue weighted by Crippen LogP contribution is 2.25. The number of sulfonamides is 1. The number of aryl methyl sites for hydroxylation is 1. The van der Waals surface area contributed by atoms with E-state index in [0.717, 1.165) is 15.4 Å². The van der Waals surface area contributed by atoms with E-state index in [9.17, 15) is 18.0 Å². The largest absolute Gasteiger partial charge is 0.352 e. The highest BCUT2D eigenvalue weighted by molar-refractivity contribution is 7.92. The number of amides is 2. The third kappa shape index (κ3) is 7.36. The Hall–Kier alpha value is -3.36. The fourth-order valence-electron chi connectivity index (χ4n) is 4.05. The molecule has 2 amide bonds. The van der Waals surface area contributed by atoms with Gasteiger partial charge in [-0.15, -0.1) is 0 Å². The zero-order chi connectivity index (χ0) is 27.9. The lowest BCUT2D eigenvalue weighted by Gasteiger charge is -2.33. The van der Waals surface area contributed by atoms with Crippen LogP contribution in [-0.4, -0.2) is 43.8 Å². The van der Waals surface area contributed by atoms with Crippen LogP contribution in [0.3, 0.4) is 0 Å². The van der Waals surface area contributed by atoms with E-state index in [4.69, 9.17) is 11.6 Å². The Kier molecular flexibility index (Phi) is 9.94. The lowest BCUT2D eigenvalue weighted by Crippen LogP contribution is -2.53. The first-order valence-corrected chi connectivity index (χ1v) is 14.3. The third-order valence-electron chi connectivity index (χ3n) is 6.02. The molecular weight excluding hydrogens is 522 g/mol. The van der Waals surface area contributed by atoms with Gasteiger partial charge in [0.1, 0.15) is 12.6 Å². The number of carbonyl (C=O) groups is 2. The molecule has 0 unspecified atom stereocenters. The van der Waals surface area contributed by atoms with E-state index < -0.39 is 28.5 Å². The van der Waals surface area contributed by atoms with Gasteiger partial charge in [0, 0.05) is 17.6 Å². The summed E-state index contributed by atoms with van der Waals surface area (Å²) >= 11 is 5.98. The molecule has 1 atom stereocenters. The zero-order valence-electron chi connectivity index (χ0n) is 22.1. The first kappa shape index (κ1) is 29.2. The van der Waals surface area contributed by atoms with E-state index in [1.807, 2.05) is 52.0 Å². The molecule has 1 N–H and O–H groups in total. The highest BCUT2D eigenvalue weighted by atomic mass is 35.5. The van der Waals surface area contributed by atoms with Gasteiger partial charge in [-0.2, -0.15) is 0 Å². The van der Waals surface area contributed by atoms with Crippen LogP contribution in [0.5, 0.6) is 0 Å². The molecule has 202 valence electrons. The topological polar surface area (TPSA) is 86.8 Å². The number of carbonyl (C=O) groups excluding carboxylic acids is 2. The number of para-hydroxylation sites is 1. The second-order valence-electron chi connectivity index (χ2n) is 9.40. The van der Waals surface area contributed by atoms with Crippen LogP contribution in [0, 0.1) is 6.92 Å². The first-order chi connectivity index (χ1) is 18.0. The van der Waals surface area contributed by atoms with E-state index in [2.05, 4.69) is 5.32 Å². The van der Waals surface area contributed by atoms with Crippen molar-refractivity contribution in [3.63, 3.8) is 0 Å². The molecule has 0 aliphatic rings. The molecule has 0 aliphatic carbocycles. The summed E-state index contributed by atoms with van der Waals surface area (Å²) in [7, 11) is -4.12. The van der Waals surface area contributed by atoms with E-state index in [-0.39, 0.29) is 23.4 Å². The molecule has 0 fully saturated rings. The van der Waals surface area contributed by atoms with E-state index in [1.165, 1.54) is 29.2 Å². The molecule has 0 saturated heterocycles. The van der Waals surface area contributed by atoms with Gasteiger partial charge < -0.3 is 10.2 Å². The molecule has 0 saturated carbocycles. The third-order valence-corrected chi connectivity index (χ3v) is 8.06. The van der Waals surface area contributed by atoms with Crippen LogP contribution in [-0.2, 0) is 26.2 Å². The first-order valence-electron chi connectivity index (χ1n) is 12.5. The van der Waals surface area contributed by atoms with Gasteiger partial charge in [-0.3, -0.25) is 13.9 Å². The van der Waals surface area contributed by atoms with Gasteiger partial charge in [0.05, 0.1) is 10.6 Å². The summed E-state index contributed by atoms with van der Waals surface area (Å²) in [6.07, 6.45) is 0.366. The average Bonchev–Trinajstić information content (AvgIpc) is 2.88. The number of rotatable bonds is 11. The number of hydrogen-bond acceptors (Lipinski definition) is 4. The minimum absolute atomic E-state index is 0.00762. The molecule has 9 heteroatoms. The maximum atomic E-state index is 13.9. The lowest BCUT2D eigenvalue weighted by atomic mass is 10.1. The molecule has 0 radical (unpaired) electrons. The van der Waals surface area contributed by atoms with Crippen LogP contribution < -0.4 is 9.62 Å². The Morgan fingerprint density at radius 1 is 0.921 bits per heavy atom. The number of anilines is 1. The Labute approximate surface area is 230 Å². The van der Waals surface area contributed by atoms with E-state index >= 15 is 0 Å². The van der Waals surface area contributed by atoms with E-state index in [1.54, 1.807) is 30.3 Å². The van der Waals surface area contributed by atoms with Gasteiger partial charge >= 0.3 is 0 Å². The summed E-state index contributed by atoms with van der Waals surface area (Å²) in [5.74, 6) is -0.771. The Morgan fingerprint density at radius 2 is 1.53 bits per heavy atom. The molecule has 0 heterocycles. The van der Waals surface area contributed by atoms with Gasteiger partial charge in [0.25, 0.3) is 10.0 Å². The van der Waals surface area contributed by atoms with Crippen LogP contribution in [0.15, 0.2) is 83.8 Å². The van der Waals surface area contributed by atoms with Crippen molar-refractivity contribution in [2.45, 2.75) is 57.6 Å². The van der Waals surface area contributed by atoms with Gasteiger partial charge in [-0.25, -0.2) is 8.42 Å². The molecule has 3 rings (SSSR count). The number of nitrogens with one attached hydrogen (secondary N) is 1. The Bertz CT molecular complexity index is 1330. The second-order valence-corrected chi connectivity index (χ2v) is 11.7. The van der Waals surface area contributed by atoms with Crippen molar-refractivity contribution in [1.82, 2.24) is 10.2 Å². The van der Waals surface area contributed by atoms with Crippen LogP contribution in [0.1, 0.15) is 38.3 Å². The van der Waals surface area contributed by atoms with Gasteiger partial charge in [0.15, 0.2) is 0 Å². The van der Waals surface area contributed by atoms with Crippen LogP contribution >= 0.6 is 11.6 Å². The number of hydrogen-bond donors (Lipinski definition) is 1. The van der Waals surface area contributed by atoms with Crippen molar-refractivity contribution in [3.05, 3.63) is 95.0 Å². The second kappa shape index (κ2) is 12.9. The molecule has 0 aliphatic heterocycles. The Morgan fingerprint density at radius 3 is 2.08 bits per heavy atom. The molecule has 38 heavy (non-hydrogen) atoms. The van der Waals surface area contributed by atoms with E-state index in [0.29, 0.717) is 17.1 Å². The predicted octanol–water partition coefficient (Wildman–Crippen LogP) is 5.18. The Balaban J connectivity index is 2.03. The summed E-state index contributed by atoms with van der Waals surface area (Å²) in [6.45, 7) is 7.19. The number of halogens is 1. The maximum Gasteiger partial charge on any atom is 0.264 e. The molecule has 3 aromatic carbocycles. The van der Waals surface area contributed by atoms with Gasteiger partial charge in [0.2, 0.25) is 11.8 Å². The fraction of sp³-hybridized carbons (Fsp3) is 0.310. The van der Waals surface area contributed by atoms with Crippen LogP contribution in [0.2, 0.25) is 5.02 Å². The summed E-state index contributed by atoms with van der Waals surface area (Å²) in [4.78, 5) is 28.5. The smallest absolute Gasteiger partial charge is 0.264 e. The quantitative estimate of drug-likeness (QED) is 0.353. The lowest BCUT2D eigenvalue weighted by molar-refractivity contribution is -0.140. The van der Waals surface area contributed by atoms with Gasteiger partial charge in [-0.05, 0) is 69.2 Å². The number of benzene rings is 3. The summed E-state index contributed by atoms with van der Waals surface area (Å²) in [5.41, 5.74) is 2.25. The normalized spacial score (nSPS) is 12.2. The van der Waals surface area contributed by atoms with Crippen molar-refractivity contribution in [2.24, 2.45) is 0 Å². The summed E-state index contributed by atoms with van der Waals surface area (Å²) in [6, 6.07) is 21.1. The average molecular weight is 556 g/mol. The molecule has 0 bridgehead atoms. The number of nitrogens with zero attached hydrogens (tertiary/aromatic N) is 2. The van der Waals surface area contributed by atoms with Crippen LogP contribution in [0.4, 0.5) is 5.69 Å². The minimum Gasteiger partial charge on any atom is -0.352 e. The zero-order valence-corrected chi connectivity index (χ0v) is 23.7. The fourth-order valence-corrected chi connectivity index (χ4v) is 5.59. The SMILES string of the molecule is CC[C@@H](C(=O)NC(C)C)N(Cc1ccc(C)cc1)C(=O)CN(c1ccccc1)S(=O)(=O)c1ccc(Cl)cc1. The van der Waals surface area contributed by atoms with Crippen molar-refractivity contribution in [2.75, 3.05) is 10.8 Å². The molecule has 0 aromatic heterocycles. The molecule has 7 nitrogen and oxygen atoms in total. The van der Waals surface area contributed by atoms with Gasteiger partial charge in [-0.1, -0.05) is 66.6 Å². The molecule has 0 spiro atoms. The minimum atomic E-state index is -4.12. The maximum absolute atomic E-state index is 13.9. The monoisotopic (exact) mass is 555 g/mol. The van der Waals surface area contributed by atoms with Crippen molar-refractivity contribution in [3.8, 4) is 0 Å². The molecule has 3 aromatic rings. The summed E-state index contributed by atoms with van der Waals surface area (Å²) < 4.78 is 28.6.